The lowest BCUT2D eigenvalue weighted by molar-refractivity contribution is -0.151. The number of esters is 1. The van der Waals surface area contributed by atoms with E-state index in [1.165, 1.54) is 6.20 Å². The lowest BCUT2D eigenvalue weighted by Gasteiger charge is -2.18. The van der Waals surface area contributed by atoms with Crippen molar-refractivity contribution in [2.75, 3.05) is 0 Å². The molecule has 1 N–H and O–H groups in total. The minimum absolute atomic E-state index is 0.0627. The van der Waals surface area contributed by atoms with Gasteiger partial charge in [0.15, 0.2) is 5.65 Å². The van der Waals surface area contributed by atoms with Crippen LogP contribution in [0.4, 0.5) is 0 Å². The fourth-order valence-electron chi connectivity index (χ4n) is 3.36. The molecule has 122 valence electrons. The Bertz CT molecular complexity index is 811. The van der Waals surface area contributed by atoms with E-state index in [2.05, 4.69) is 15.1 Å². The first kappa shape index (κ1) is 14.4. The van der Waals surface area contributed by atoms with Crippen LogP contribution in [0.5, 0.6) is 0 Å². The predicted molar refractivity (Wildman–Crippen MR) is 79.8 cm³/mol. The van der Waals surface area contributed by atoms with Gasteiger partial charge >= 0.3 is 5.97 Å². The van der Waals surface area contributed by atoms with Crippen molar-refractivity contribution in [3.8, 4) is 0 Å². The molecule has 2 aliphatic heterocycles. The normalized spacial score (nSPS) is 26.0. The molecule has 0 aliphatic carbocycles. The molecule has 8 heteroatoms. The van der Waals surface area contributed by atoms with Gasteiger partial charge in [0.05, 0.1) is 24.8 Å². The van der Waals surface area contributed by atoms with E-state index in [9.17, 15) is 9.59 Å². The van der Waals surface area contributed by atoms with E-state index in [1.807, 2.05) is 0 Å². The third kappa shape index (κ3) is 2.63. The Labute approximate surface area is 131 Å². The molecule has 0 aromatic carbocycles. The second-order valence-electron chi connectivity index (χ2n) is 6.16. The number of H-pyrrole nitrogens is 1. The van der Waals surface area contributed by atoms with Crippen molar-refractivity contribution >= 4 is 17.0 Å². The van der Waals surface area contributed by atoms with Gasteiger partial charge < -0.3 is 14.5 Å². The van der Waals surface area contributed by atoms with E-state index in [1.54, 1.807) is 11.7 Å². The summed E-state index contributed by atoms with van der Waals surface area (Å²) in [7, 11) is 1.72. The van der Waals surface area contributed by atoms with Crippen molar-refractivity contribution in [1.82, 2.24) is 19.7 Å². The lowest BCUT2D eigenvalue weighted by Crippen LogP contribution is -2.28. The molecule has 4 rings (SSSR count). The summed E-state index contributed by atoms with van der Waals surface area (Å²) in [5, 5.41) is 4.45. The number of hydrogen-bond donors (Lipinski definition) is 1. The van der Waals surface area contributed by atoms with Crippen LogP contribution in [0.15, 0.2) is 11.0 Å². The summed E-state index contributed by atoms with van der Waals surface area (Å²) in [5.74, 6) is 0.186. The Kier molecular flexibility index (Phi) is 3.41. The highest BCUT2D eigenvalue weighted by atomic mass is 16.6. The summed E-state index contributed by atoms with van der Waals surface area (Å²) in [6.07, 6.45) is 5.02. The van der Waals surface area contributed by atoms with Crippen LogP contribution in [-0.2, 0) is 27.7 Å². The average molecular weight is 318 g/mol. The fourth-order valence-corrected chi connectivity index (χ4v) is 3.36. The standard InChI is InChI=1S/C15H18N4O4/c1-19-14-9(7-16-19)15(21)18-12(17-14)4-5-13(20)23-11-6-8-2-3-10(11)22-8/h7-8,10-11H,2-6H2,1H3,(H,17,18,21)/t8-,10+,11-/m1/s1. The van der Waals surface area contributed by atoms with Crippen LogP contribution in [0.1, 0.15) is 31.5 Å². The van der Waals surface area contributed by atoms with Crippen LogP contribution in [0.25, 0.3) is 11.0 Å². The van der Waals surface area contributed by atoms with E-state index in [4.69, 9.17) is 9.47 Å². The van der Waals surface area contributed by atoms with Gasteiger partial charge in [-0.1, -0.05) is 0 Å². The average Bonchev–Trinajstić information content (AvgIpc) is 3.22. The van der Waals surface area contributed by atoms with Gasteiger partial charge in [-0.25, -0.2) is 4.98 Å². The Hall–Kier alpha value is -2.22. The Morgan fingerprint density at radius 1 is 1.52 bits per heavy atom. The van der Waals surface area contributed by atoms with Crippen LogP contribution >= 0.6 is 0 Å². The minimum Gasteiger partial charge on any atom is -0.459 e. The number of rotatable bonds is 4. The van der Waals surface area contributed by atoms with E-state index in [0.717, 1.165) is 19.3 Å². The zero-order valence-electron chi connectivity index (χ0n) is 12.8. The molecule has 0 spiro atoms. The number of nitrogens with zero attached hydrogens (tertiary/aromatic N) is 3. The number of nitrogens with one attached hydrogen (secondary N) is 1. The molecule has 0 saturated carbocycles. The number of aromatic amines is 1. The van der Waals surface area contributed by atoms with Crippen LogP contribution in [0.2, 0.25) is 0 Å². The van der Waals surface area contributed by atoms with Crippen LogP contribution in [0.3, 0.4) is 0 Å². The van der Waals surface area contributed by atoms with E-state index >= 15 is 0 Å². The molecule has 2 fully saturated rings. The third-order valence-electron chi connectivity index (χ3n) is 4.55. The first-order valence-electron chi connectivity index (χ1n) is 7.86. The molecule has 2 bridgehead atoms. The summed E-state index contributed by atoms with van der Waals surface area (Å²) in [6, 6.07) is 0. The van der Waals surface area contributed by atoms with E-state index < -0.39 is 0 Å². The van der Waals surface area contributed by atoms with Crippen molar-refractivity contribution in [2.24, 2.45) is 7.05 Å². The SMILES string of the molecule is Cn1ncc2c(=O)[nH]c(CCC(=O)O[C@@H]3C[C@H]4CC[C@@H]3O4)nc21. The number of carbonyl (C=O) groups excluding carboxylic acids is 1. The summed E-state index contributed by atoms with van der Waals surface area (Å²) in [5.41, 5.74) is 0.270. The predicted octanol–water partition coefficient (Wildman–Crippen LogP) is 0.452. The fraction of sp³-hybridized carbons (Fsp3) is 0.600. The van der Waals surface area contributed by atoms with Crippen LogP contribution in [0, 0.1) is 0 Å². The molecule has 23 heavy (non-hydrogen) atoms. The smallest absolute Gasteiger partial charge is 0.306 e. The number of ether oxygens (including phenoxy) is 2. The molecule has 0 amide bonds. The number of hydrogen-bond acceptors (Lipinski definition) is 6. The minimum atomic E-state index is -0.279. The number of aryl methyl sites for hydroxylation is 2. The lowest BCUT2D eigenvalue weighted by atomic mass is 9.98. The zero-order chi connectivity index (χ0) is 16.0. The number of fused-ring (bicyclic) bond motifs is 3. The van der Waals surface area contributed by atoms with Crippen molar-refractivity contribution < 1.29 is 14.3 Å². The molecule has 2 aromatic heterocycles. The molecule has 0 unspecified atom stereocenters. The highest BCUT2D eigenvalue weighted by Crippen LogP contribution is 2.36. The maximum atomic E-state index is 12.0. The first-order valence-corrected chi connectivity index (χ1v) is 7.86. The van der Waals surface area contributed by atoms with Gasteiger partial charge in [-0.05, 0) is 12.8 Å². The third-order valence-corrected chi connectivity index (χ3v) is 4.55. The Morgan fingerprint density at radius 2 is 2.39 bits per heavy atom. The van der Waals surface area contributed by atoms with Gasteiger partial charge in [-0.2, -0.15) is 5.10 Å². The highest BCUT2D eigenvalue weighted by Gasteiger charge is 2.42. The second-order valence-corrected chi connectivity index (χ2v) is 6.16. The molecule has 0 radical (unpaired) electrons. The molecule has 2 saturated heterocycles. The summed E-state index contributed by atoms with van der Waals surface area (Å²) >= 11 is 0. The van der Waals surface area contributed by atoms with Crippen molar-refractivity contribution in [2.45, 2.75) is 50.4 Å². The quantitative estimate of drug-likeness (QED) is 0.822. The highest BCUT2D eigenvalue weighted by molar-refractivity contribution is 5.73. The zero-order valence-corrected chi connectivity index (χ0v) is 12.8. The van der Waals surface area contributed by atoms with Crippen molar-refractivity contribution in [3.05, 3.63) is 22.4 Å². The van der Waals surface area contributed by atoms with Gasteiger partial charge in [0, 0.05) is 19.9 Å². The monoisotopic (exact) mass is 318 g/mol. The molecular formula is C15H18N4O4. The first-order chi connectivity index (χ1) is 11.1. The largest absolute Gasteiger partial charge is 0.459 e. The van der Waals surface area contributed by atoms with E-state index in [-0.39, 0.29) is 36.3 Å². The summed E-state index contributed by atoms with van der Waals surface area (Å²) < 4.78 is 12.7. The van der Waals surface area contributed by atoms with E-state index in [0.29, 0.717) is 23.3 Å². The molecule has 3 atom stereocenters. The Morgan fingerprint density at radius 3 is 3.13 bits per heavy atom. The van der Waals surface area contributed by atoms with Gasteiger partial charge in [0.2, 0.25) is 0 Å². The second kappa shape index (κ2) is 5.45. The Balaban J connectivity index is 1.39. The summed E-state index contributed by atoms with van der Waals surface area (Å²) in [6.45, 7) is 0. The molecule has 4 heterocycles. The van der Waals surface area contributed by atoms with Gasteiger partial charge in [0.25, 0.3) is 5.56 Å². The van der Waals surface area contributed by atoms with Crippen molar-refractivity contribution in [3.63, 3.8) is 0 Å². The van der Waals surface area contributed by atoms with Crippen LogP contribution in [-0.4, -0.2) is 44.0 Å². The van der Waals surface area contributed by atoms with Gasteiger partial charge in [-0.15, -0.1) is 0 Å². The summed E-state index contributed by atoms with van der Waals surface area (Å²) in [4.78, 5) is 31.0. The molecular weight excluding hydrogens is 300 g/mol. The van der Waals surface area contributed by atoms with Gasteiger partial charge in [0.1, 0.15) is 17.3 Å². The van der Waals surface area contributed by atoms with Crippen molar-refractivity contribution in [1.29, 1.82) is 0 Å². The topological polar surface area (TPSA) is 99.1 Å². The number of aromatic nitrogens is 4. The maximum Gasteiger partial charge on any atom is 0.306 e. The number of carbonyl (C=O) groups is 1. The van der Waals surface area contributed by atoms with Gasteiger partial charge in [-0.3, -0.25) is 14.3 Å². The molecule has 2 aliphatic rings. The molecule has 2 aromatic rings. The molecule has 8 nitrogen and oxygen atoms in total. The maximum absolute atomic E-state index is 12.0. The van der Waals surface area contributed by atoms with Crippen LogP contribution < -0.4 is 5.56 Å².